The van der Waals surface area contributed by atoms with E-state index in [0.717, 1.165) is 5.56 Å². The van der Waals surface area contributed by atoms with Crippen LogP contribution in [0, 0.1) is 5.92 Å². The summed E-state index contributed by atoms with van der Waals surface area (Å²) in [6.07, 6.45) is 0.546. The molecule has 0 saturated heterocycles. The predicted octanol–water partition coefficient (Wildman–Crippen LogP) is 3.62. The van der Waals surface area contributed by atoms with E-state index in [1.54, 1.807) is 4.90 Å². The molecule has 1 amide bonds. The van der Waals surface area contributed by atoms with E-state index in [2.05, 4.69) is 0 Å². The molecule has 0 bridgehead atoms. The Bertz CT molecular complexity index is 511. The lowest BCUT2D eigenvalue weighted by atomic mass is 10.1. The molecule has 23 heavy (non-hydrogen) atoms. The Hall–Kier alpha value is -1.55. The van der Waals surface area contributed by atoms with Gasteiger partial charge in [0.1, 0.15) is 11.5 Å². The lowest BCUT2D eigenvalue weighted by Gasteiger charge is -2.25. The molecule has 1 aromatic rings. The summed E-state index contributed by atoms with van der Waals surface area (Å²) in [4.78, 5) is 25.7. The van der Waals surface area contributed by atoms with Gasteiger partial charge >= 0.3 is 5.97 Å². The Morgan fingerprint density at radius 3 is 2.35 bits per heavy atom. The molecule has 4 nitrogen and oxygen atoms in total. The van der Waals surface area contributed by atoms with Crippen LogP contribution in [-0.4, -0.2) is 34.8 Å². The fraction of sp³-hybridized carbons (Fsp3) is 0.556. The van der Waals surface area contributed by atoms with E-state index >= 15 is 0 Å². The zero-order valence-electron chi connectivity index (χ0n) is 14.3. The number of alkyl halides is 1. The van der Waals surface area contributed by atoms with Crippen LogP contribution in [0.1, 0.15) is 39.7 Å². The fourth-order valence-electron chi connectivity index (χ4n) is 2.05. The number of benzene rings is 1. The summed E-state index contributed by atoms with van der Waals surface area (Å²) in [7, 11) is 0. The lowest BCUT2D eigenvalue weighted by Crippen LogP contribution is -2.35. The predicted molar refractivity (Wildman–Crippen MR) is 92.2 cm³/mol. The highest BCUT2D eigenvalue weighted by Crippen LogP contribution is 2.15. The number of carbonyl (C=O) groups excluding carboxylic acids is 2. The molecule has 1 rings (SSSR count). The highest BCUT2D eigenvalue weighted by atomic mass is 35.5. The molecular formula is C18H26ClNO3. The Balaban J connectivity index is 2.61. The highest BCUT2D eigenvalue weighted by molar-refractivity contribution is 6.27. The van der Waals surface area contributed by atoms with Crippen LogP contribution in [0.15, 0.2) is 30.3 Å². The summed E-state index contributed by atoms with van der Waals surface area (Å²) in [5.41, 5.74) is 0.539. The SMILES string of the molecule is C[C@H](CCN(Cc1ccccc1)C(=O)CCl)C(=O)OC(C)(C)C. The van der Waals surface area contributed by atoms with Crippen molar-refractivity contribution >= 4 is 23.5 Å². The zero-order chi connectivity index (χ0) is 17.5. The maximum Gasteiger partial charge on any atom is 0.309 e. The van der Waals surface area contributed by atoms with Gasteiger partial charge in [-0.2, -0.15) is 0 Å². The summed E-state index contributed by atoms with van der Waals surface area (Å²) in [5, 5.41) is 0. The summed E-state index contributed by atoms with van der Waals surface area (Å²) in [6, 6.07) is 9.73. The number of nitrogens with zero attached hydrogens (tertiary/aromatic N) is 1. The third kappa shape index (κ3) is 7.51. The number of halogens is 1. The van der Waals surface area contributed by atoms with Crippen LogP contribution in [0.4, 0.5) is 0 Å². The first kappa shape index (κ1) is 19.5. The minimum atomic E-state index is -0.499. The maximum absolute atomic E-state index is 12.0. The summed E-state index contributed by atoms with van der Waals surface area (Å²) in [6.45, 7) is 8.32. The van der Waals surface area contributed by atoms with Gasteiger partial charge in [0.15, 0.2) is 0 Å². The molecule has 0 saturated carbocycles. The molecule has 0 fully saturated rings. The molecule has 0 aromatic heterocycles. The summed E-state index contributed by atoms with van der Waals surface area (Å²) >= 11 is 5.70. The van der Waals surface area contributed by atoms with Crippen molar-refractivity contribution in [3.8, 4) is 0 Å². The van der Waals surface area contributed by atoms with Gasteiger partial charge in [-0.15, -0.1) is 11.6 Å². The molecule has 0 aliphatic carbocycles. The molecule has 128 valence electrons. The van der Waals surface area contributed by atoms with Crippen molar-refractivity contribution < 1.29 is 14.3 Å². The van der Waals surface area contributed by atoms with Crippen molar-refractivity contribution in [1.82, 2.24) is 4.90 Å². The highest BCUT2D eigenvalue weighted by Gasteiger charge is 2.23. The van der Waals surface area contributed by atoms with Gasteiger partial charge < -0.3 is 9.64 Å². The largest absolute Gasteiger partial charge is 0.460 e. The van der Waals surface area contributed by atoms with Crippen molar-refractivity contribution in [2.75, 3.05) is 12.4 Å². The summed E-state index contributed by atoms with van der Waals surface area (Å²) in [5.74, 6) is -0.703. The van der Waals surface area contributed by atoms with Gasteiger partial charge in [-0.1, -0.05) is 37.3 Å². The van der Waals surface area contributed by atoms with Gasteiger partial charge in [0.05, 0.1) is 5.92 Å². The molecule has 0 unspecified atom stereocenters. The Morgan fingerprint density at radius 1 is 1.22 bits per heavy atom. The fourth-order valence-corrected chi connectivity index (χ4v) is 2.22. The Kier molecular flexibility index (Phi) is 7.56. The average molecular weight is 340 g/mol. The molecule has 5 heteroatoms. The van der Waals surface area contributed by atoms with Crippen molar-refractivity contribution in [2.45, 2.75) is 46.3 Å². The molecule has 0 spiro atoms. The van der Waals surface area contributed by atoms with Gasteiger partial charge in [0.25, 0.3) is 0 Å². The van der Waals surface area contributed by atoms with Crippen molar-refractivity contribution in [1.29, 1.82) is 0 Å². The number of ether oxygens (including phenoxy) is 1. The second-order valence-electron chi connectivity index (χ2n) is 6.66. The zero-order valence-corrected chi connectivity index (χ0v) is 15.1. The van der Waals surface area contributed by atoms with E-state index < -0.39 is 5.60 Å². The van der Waals surface area contributed by atoms with Crippen molar-refractivity contribution in [3.63, 3.8) is 0 Å². The Labute approximate surface area is 143 Å². The van der Waals surface area contributed by atoms with E-state index in [1.807, 2.05) is 58.0 Å². The minimum Gasteiger partial charge on any atom is -0.460 e. The second kappa shape index (κ2) is 8.92. The van der Waals surface area contributed by atoms with E-state index in [0.29, 0.717) is 19.5 Å². The number of esters is 1. The molecule has 0 N–H and O–H groups in total. The summed E-state index contributed by atoms with van der Waals surface area (Å²) < 4.78 is 5.37. The molecule has 0 heterocycles. The number of hydrogen-bond donors (Lipinski definition) is 0. The third-order valence-electron chi connectivity index (χ3n) is 3.32. The van der Waals surface area contributed by atoms with Crippen LogP contribution in [0.2, 0.25) is 0 Å². The Morgan fingerprint density at radius 2 is 1.83 bits per heavy atom. The van der Waals surface area contributed by atoms with Crippen LogP contribution in [-0.2, 0) is 20.9 Å². The monoisotopic (exact) mass is 339 g/mol. The molecule has 0 aliphatic heterocycles. The number of carbonyl (C=O) groups is 2. The first-order chi connectivity index (χ1) is 10.7. The molecule has 1 aromatic carbocycles. The van der Waals surface area contributed by atoms with E-state index in [4.69, 9.17) is 16.3 Å². The number of amides is 1. The van der Waals surface area contributed by atoms with Gasteiger partial charge in [-0.05, 0) is 32.8 Å². The second-order valence-corrected chi connectivity index (χ2v) is 6.92. The number of hydrogen-bond acceptors (Lipinski definition) is 3. The van der Waals surface area contributed by atoms with Gasteiger partial charge in [-0.25, -0.2) is 0 Å². The molecule has 1 atom stereocenters. The van der Waals surface area contributed by atoms with Crippen LogP contribution < -0.4 is 0 Å². The third-order valence-corrected chi connectivity index (χ3v) is 3.55. The maximum atomic E-state index is 12.0. The van der Waals surface area contributed by atoms with E-state index in [9.17, 15) is 9.59 Å². The standard InChI is InChI=1S/C18H26ClNO3/c1-14(17(22)23-18(2,3)4)10-11-20(16(21)12-19)13-15-8-6-5-7-9-15/h5-9,14H,10-13H2,1-4H3/t14-/m1/s1. The normalized spacial score (nSPS) is 12.6. The van der Waals surface area contributed by atoms with Crippen LogP contribution >= 0.6 is 11.6 Å². The molecule has 0 radical (unpaired) electrons. The molecular weight excluding hydrogens is 314 g/mol. The quantitative estimate of drug-likeness (QED) is 0.563. The number of rotatable bonds is 7. The van der Waals surface area contributed by atoms with Crippen molar-refractivity contribution in [2.24, 2.45) is 5.92 Å². The molecule has 0 aliphatic rings. The van der Waals surface area contributed by atoms with Crippen LogP contribution in [0.25, 0.3) is 0 Å². The first-order valence-corrected chi connectivity index (χ1v) is 8.37. The minimum absolute atomic E-state index is 0.0619. The van der Waals surface area contributed by atoms with Gasteiger partial charge in [0, 0.05) is 13.1 Å². The van der Waals surface area contributed by atoms with Crippen LogP contribution in [0.5, 0.6) is 0 Å². The topological polar surface area (TPSA) is 46.6 Å². The smallest absolute Gasteiger partial charge is 0.309 e. The van der Waals surface area contributed by atoms with E-state index in [-0.39, 0.29) is 23.7 Å². The first-order valence-electron chi connectivity index (χ1n) is 7.83. The van der Waals surface area contributed by atoms with Gasteiger partial charge in [-0.3, -0.25) is 9.59 Å². The average Bonchev–Trinajstić information content (AvgIpc) is 2.49. The van der Waals surface area contributed by atoms with Gasteiger partial charge in [0.2, 0.25) is 5.91 Å². The lowest BCUT2D eigenvalue weighted by molar-refractivity contribution is -0.160. The van der Waals surface area contributed by atoms with Crippen molar-refractivity contribution in [3.05, 3.63) is 35.9 Å². The van der Waals surface area contributed by atoms with Crippen LogP contribution in [0.3, 0.4) is 0 Å². The van der Waals surface area contributed by atoms with E-state index in [1.165, 1.54) is 0 Å².